The molecule has 4 rings (SSSR count). The lowest BCUT2D eigenvalue weighted by molar-refractivity contribution is 0.0697. The van der Waals surface area contributed by atoms with Gasteiger partial charge in [0, 0.05) is 18.0 Å². The van der Waals surface area contributed by atoms with Crippen LogP contribution in [0.1, 0.15) is 27.0 Å². The fourth-order valence-corrected chi connectivity index (χ4v) is 3.15. The molecule has 0 aliphatic rings. The van der Waals surface area contributed by atoms with Crippen LogP contribution in [0.15, 0.2) is 73.2 Å². The minimum atomic E-state index is -0.977. The van der Waals surface area contributed by atoms with Gasteiger partial charge in [-0.3, -0.25) is 9.36 Å². The van der Waals surface area contributed by atoms with Crippen LogP contribution in [0, 0.1) is 6.92 Å². The Balaban J connectivity index is 1.53. The second-order valence-electron chi connectivity index (χ2n) is 6.79. The molecule has 0 aliphatic heterocycles. The summed E-state index contributed by atoms with van der Waals surface area (Å²) < 4.78 is 3.58. The maximum absolute atomic E-state index is 11.6. The van der Waals surface area contributed by atoms with E-state index in [4.69, 9.17) is 0 Å². The molecule has 140 valence electrons. The molecule has 1 N–H and O–H groups in total. The summed E-state index contributed by atoms with van der Waals surface area (Å²) >= 11 is 0. The number of benzene rings is 2. The van der Waals surface area contributed by atoms with E-state index in [1.165, 1.54) is 0 Å². The van der Waals surface area contributed by atoms with Crippen molar-refractivity contribution in [3.8, 4) is 11.3 Å². The van der Waals surface area contributed by atoms with Crippen molar-refractivity contribution in [2.75, 3.05) is 0 Å². The molecule has 4 aromatic rings. The summed E-state index contributed by atoms with van der Waals surface area (Å²) in [7, 11) is 0. The second-order valence-corrected chi connectivity index (χ2v) is 6.79. The molecule has 2 heterocycles. The molecule has 0 aliphatic carbocycles. The second kappa shape index (κ2) is 7.52. The van der Waals surface area contributed by atoms with Crippen LogP contribution >= 0.6 is 0 Å². The minimum absolute atomic E-state index is 0.205. The number of nitrogens with zero attached hydrogens (tertiary/aromatic N) is 4. The van der Waals surface area contributed by atoms with E-state index in [-0.39, 0.29) is 5.56 Å². The number of aromatic carboxylic acids is 1. The predicted octanol–water partition coefficient (Wildman–Crippen LogP) is 3.85. The Hall–Kier alpha value is -3.67. The Labute approximate surface area is 162 Å². The molecule has 0 saturated carbocycles. The number of aromatic nitrogens is 4. The lowest BCUT2D eigenvalue weighted by Crippen LogP contribution is -2.02. The highest BCUT2D eigenvalue weighted by Gasteiger charge is 2.17. The third kappa shape index (κ3) is 3.86. The van der Waals surface area contributed by atoms with Crippen LogP contribution in [-0.4, -0.2) is 30.6 Å². The van der Waals surface area contributed by atoms with Crippen LogP contribution in [0.3, 0.4) is 0 Å². The normalized spacial score (nSPS) is 10.9. The van der Waals surface area contributed by atoms with Gasteiger partial charge in [-0.1, -0.05) is 54.6 Å². The Kier molecular flexibility index (Phi) is 4.76. The molecule has 0 saturated heterocycles. The average Bonchev–Trinajstić information content (AvgIpc) is 3.30. The van der Waals surface area contributed by atoms with E-state index in [9.17, 15) is 9.90 Å². The predicted molar refractivity (Wildman–Crippen MR) is 106 cm³/mol. The SMILES string of the molecule is Cc1cnn(Cc2ccc(Cn3cc(C(=O)O)c(-c4ccccc4)n3)cc2)c1. The van der Waals surface area contributed by atoms with E-state index < -0.39 is 5.97 Å². The van der Waals surface area contributed by atoms with Gasteiger partial charge in [0.05, 0.1) is 19.3 Å². The van der Waals surface area contributed by atoms with Crippen LogP contribution in [0.4, 0.5) is 0 Å². The van der Waals surface area contributed by atoms with Crippen LogP contribution in [0.5, 0.6) is 0 Å². The number of rotatable bonds is 6. The molecule has 2 aromatic carbocycles. The molecule has 0 amide bonds. The topological polar surface area (TPSA) is 72.9 Å². The Morgan fingerprint density at radius 3 is 2.14 bits per heavy atom. The first-order valence-corrected chi connectivity index (χ1v) is 9.01. The van der Waals surface area contributed by atoms with Gasteiger partial charge in [-0.15, -0.1) is 0 Å². The monoisotopic (exact) mass is 372 g/mol. The average molecular weight is 372 g/mol. The maximum Gasteiger partial charge on any atom is 0.339 e. The van der Waals surface area contributed by atoms with E-state index in [1.54, 1.807) is 10.9 Å². The van der Waals surface area contributed by atoms with E-state index in [2.05, 4.69) is 22.3 Å². The van der Waals surface area contributed by atoms with Gasteiger partial charge in [0.2, 0.25) is 0 Å². The molecule has 0 fully saturated rings. The van der Waals surface area contributed by atoms with Crippen molar-refractivity contribution in [3.05, 3.63) is 95.4 Å². The molecule has 0 spiro atoms. The highest BCUT2D eigenvalue weighted by atomic mass is 16.4. The Morgan fingerprint density at radius 2 is 1.57 bits per heavy atom. The third-order valence-electron chi connectivity index (χ3n) is 4.51. The summed E-state index contributed by atoms with van der Waals surface area (Å²) in [6.07, 6.45) is 5.44. The molecule has 6 heteroatoms. The largest absolute Gasteiger partial charge is 0.478 e. The van der Waals surface area contributed by atoms with Crippen LogP contribution in [0.2, 0.25) is 0 Å². The third-order valence-corrected chi connectivity index (χ3v) is 4.51. The van der Waals surface area contributed by atoms with Gasteiger partial charge in [-0.25, -0.2) is 4.79 Å². The van der Waals surface area contributed by atoms with E-state index in [0.717, 1.165) is 28.8 Å². The smallest absolute Gasteiger partial charge is 0.339 e. The minimum Gasteiger partial charge on any atom is -0.478 e. The van der Waals surface area contributed by atoms with Gasteiger partial charge in [-0.2, -0.15) is 10.2 Å². The van der Waals surface area contributed by atoms with Gasteiger partial charge in [0.25, 0.3) is 0 Å². The highest BCUT2D eigenvalue weighted by molar-refractivity contribution is 5.94. The number of carboxylic acids is 1. The molecule has 28 heavy (non-hydrogen) atoms. The van der Waals surface area contributed by atoms with Crippen molar-refractivity contribution in [3.63, 3.8) is 0 Å². The van der Waals surface area contributed by atoms with Crippen molar-refractivity contribution in [1.29, 1.82) is 0 Å². The first-order valence-electron chi connectivity index (χ1n) is 9.01. The molecule has 0 unspecified atom stereocenters. The molecular formula is C22H20N4O2. The van der Waals surface area contributed by atoms with Crippen molar-refractivity contribution >= 4 is 5.97 Å². The van der Waals surface area contributed by atoms with Crippen LogP contribution < -0.4 is 0 Å². The van der Waals surface area contributed by atoms with Crippen molar-refractivity contribution in [2.24, 2.45) is 0 Å². The van der Waals surface area contributed by atoms with E-state index in [0.29, 0.717) is 12.2 Å². The van der Waals surface area contributed by atoms with Gasteiger partial charge in [0.1, 0.15) is 11.3 Å². The molecule has 2 aromatic heterocycles. The number of carboxylic acid groups (broad SMARTS) is 1. The quantitative estimate of drug-likeness (QED) is 0.558. The number of hydrogen-bond donors (Lipinski definition) is 1. The molecule has 0 bridgehead atoms. The van der Waals surface area contributed by atoms with Crippen molar-refractivity contribution in [2.45, 2.75) is 20.0 Å². The van der Waals surface area contributed by atoms with Gasteiger partial charge >= 0.3 is 5.97 Å². The zero-order chi connectivity index (χ0) is 19.5. The fraction of sp³-hybridized carbons (Fsp3) is 0.136. The van der Waals surface area contributed by atoms with Gasteiger partial charge < -0.3 is 5.11 Å². The summed E-state index contributed by atoms with van der Waals surface area (Å²) in [6.45, 7) is 3.25. The molecule has 0 radical (unpaired) electrons. The lowest BCUT2D eigenvalue weighted by Gasteiger charge is -2.05. The van der Waals surface area contributed by atoms with Gasteiger partial charge in [-0.05, 0) is 23.6 Å². The zero-order valence-corrected chi connectivity index (χ0v) is 15.5. The Morgan fingerprint density at radius 1 is 0.929 bits per heavy atom. The van der Waals surface area contributed by atoms with Crippen LogP contribution in [-0.2, 0) is 13.1 Å². The van der Waals surface area contributed by atoms with Crippen molar-refractivity contribution < 1.29 is 9.90 Å². The van der Waals surface area contributed by atoms with E-state index in [1.807, 2.05) is 66.5 Å². The first kappa shape index (κ1) is 17.7. The zero-order valence-electron chi connectivity index (χ0n) is 15.5. The standard InChI is InChI=1S/C22H20N4O2/c1-16-11-23-25(12-16)13-17-7-9-18(10-8-17)14-26-15-20(22(27)28)21(24-26)19-5-3-2-4-6-19/h2-12,15H,13-14H2,1H3,(H,27,28). The molecule has 0 atom stereocenters. The van der Waals surface area contributed by atoms with Crippen LogP contribution in [0.25, 0.3) is 11.3 Å². The summed E-state index contributed by atoms with van der Waals surface area (Å²) in [6, 6.07) is 17.6. The molecule has 6 nitrogen and oxygen atoms in total. The number of carbonyl (C=O) groups is 1. The Bertz CT molecular complexity index is 1100. The number of hydrogen-bond acceptors (Lipinski definition) is 3. The number of aryl methyl sites for hydroxylation is 1. The van der Waals surface area contributed by atoms with Crippen molar-refractivity contribution in [1.82, 2.24) is 19.6 Å². The summed E-state index contributed by atoms with van der Waals surface area (Å²) in [4.78, 5) is 11.6. The summed E-state index contributed by atoms with van der Waals surface area (Å²) in [5.74, 6) is -0.977. The molecular weight excluding hydrogens is 352 g/mol. The fourth-order valence-electron chi connectivity index (χ4n) is 3.15. The summed E-state index contributed by atoms with van der Waals surface area (Å²) in [5, 5.41) is 18.3. The first-order chi connectivity index (χ1) is 13.6. The lowest BCUT2D eigenvalue weighted by atomic mass is 10.1. The maximum atomic E-state index is 11.6. The summed E-state index contributed by atoms with van der Waals surface area (Å²) in [5.41, 5.74) is 4.83. The van der Waals surface area contributed by atoms with Gasteiger partial charge in [0.15, 0.2) is 0 Å². The highest BCUT2D eigenvalue weighted by Crippen LogP contribution is 2.22. The van der Waals surface area contributed by atoms with E-state index >= 15 is 0 Å².